The summed E-state index contributed by atoms with van der Waals surface area (Å²) in [6.45, 7) is 2.64. The summed E-state index contributed by atoms with van der Waals surface area (Å²) >= 11 is 3.65. The van der Waals surface area contributed by atoms with Crippen LogP contribution in [0.2, 0.25) is 0 Å². The second-order valence-electron chi connectivity index (χ2n) is 10.2. The van der Waals surface area contributed by atoms with Crippen LogP contribution in [0, 0.1) is 12.8 Å². The summed E-state index contributed by atoms with van der Waals surface area (Å²) in [6.07, 6.45) is 7.68. The molecular formula is C34H31BrN2O2. The van der Waals surface area contributed by atoms with Gasteiger partial charge in [0.15, 0.2) is 11.5 Å². The zero-order chi connectivity index (χ0) is 26.8. The Labute approximate surface area is 238 Å². The predicted octanol–water partition coefficient (Wildman–Crippen LogP) is 8.92. The summed E-state index contributed by atoms with van der Waals surface area (Å²) in [7, 11) is 1.65. The van der Waals surface area contributed by atoms with Crippen LogP contribution in [0.1, 0.15) is 46.2 Å². The summed E-state index contributed by atoms with van der Waals surface area (Å²) in [4.78, 5) is 4.74. The summed E-state index contributed by atoms with van der Waals surface area (Å²) in [6, 6.07) is 29.7. The van der Waals surface area contributed by atoms with Crippen LogP contribution in [-0.2, 0) is 6.61 Å². The molecule has 4 aromatic carbocycles. The first-order valence-electron chi connectivity index (χ1n) is 13.3. The van der Waals surface area contributed by atoms with Crippen molar-refractivity contribution in [1.82, 2.24) is 0 Å². The third-order valence-electron chi connectivity index (χ3n) is 7.61. The number of methoxy groups -OCH3 is 1. The number of ether oxygens (including phenoxy) is 2. The minimum Gasteiger partial charge on any atom is -0.493 e. The van der Waals surface area contributed by atoms with Gasteiger partial charge in [-0.15, -0.1) is 0 Å². The molecule has 0 unspecified atom stereocenters. The van der Waals surface area contributed by atoms with Gasteiger partial charge in [-0.05, 0) is 87.8 Å². The van der Waals surface area contributed by atoms with Crippen LogP contribution < -0.4 is 14.8 Å². The third kappa shape index (κ3) is 5.37. The molecule has 1 aliphatic heterocycles. The standard InChI is InChI=1S/C34H31BrN2O2/c1-22-11-16-31-29(17-22)27-9-6-10-28(27)33(37-31)25-12-14-26(15-13-25)36-20-24-18-30(35)34(32(19-24)38-2)39-21-23-7-4-3-5-8-23/h3-9,11-20,27-28,33,37H,10,21H2,1-2H3/t27-,28+,33-/m0/s1. The number of rotatable bonds is 7. The van der Waals surface area contributed by atoms with E-state index in [0.29, 0.717) is 29.9 Å². The van der Waals surface area contributed by atoms with E-state index < -0.39 is 0 Å². The first-order chi connectivity index (χ1) is 19.1. The van der Waals surface area contributed by atoms with Crippen molar-refractivity contribution in [2.24, 2.45) is 10.9 Å². The number of benzene rings is 4. The van der Waals surface area contributed by atoms with E-state index in [-0.39, 0.29) is 6.04 Å². The lowest BCUT2D eigenvalue weighted by Crippen LogP contribution is -2.29. The maximum atomic E-state index is 6.06. The molecule has 4 aromatic rings. The molecule has 0 amide bonds. The van der Waals surface area contributed by atoms with Crippen LogP contribution in [0.5, 0.6) is 11.5 Å². The van der Waals surface area contributed by atoms with E-state index in [9.17, 15) is 0 Å². The van der Waals surface area contributed by atoms with Gasteiger partial charge in [0.1, 0.15) is 6.61 Å². The molecule has 0 saturated heterocycles. The van der Waals surface area contributed by atoms with Gasteiger partial charge in [0.25, 0.3) is 0 Å². The Morgan fingerprint density at radius 3 is 2.62 bits per heavy atom. The summed E-state index contributed by atoms with van der Waals surface area (Å²) < 4.78 is 12.5. The largest absolute Gasteiger partial charge is 0.493 e. The van der Waals surface area contributed by atoms with Crippen molar-refractivity contribution < 1.29 is 9.47 Å². The van der Waals surface area contributed by atoms with Crippen molar-refractivity contribution in [3.63, 3.8) is 0 Å². The quantitative estimate of drug-likeness (QED) is 0.176. The lowest BCUT2D eigenvalue weighted by molar-refractivity contribution is 0.282. The monoisotopic (exact) mass is 578 g/mol. The van der Waals surface area contributed by atoms with Gasteiger partial charge >= 0.3 is 0 Å². The Morgan fingerprint density at radius 2 is 1.82 bits per heavy atom. The molecule has 6 rings (SSSR count). The van der Waals surface area contributed by atoms with E-state index in [2.05, 4.69) is 82.8 Å². The topological polar surface area (TPSA) is 42.8 Å². The van der Waals surface area contributed by atoms with Crippen molar-refractivity contribution >= 4 is 33.5 Å². The second-order valence-corrected chi connectivity index (χ2v) is 11.1. The van der Waals surface area contributed by atoms with Crippen molar-refractivity contribution in [2.45, 2.75) is 31.9 Å². The van der Waals surface area contributed by atoms with E-state index in [1.165, 1.54) is 22.4 Å². The fourth-order valence-electron chi connectivity index (χ4n) is 5.64. The molecule has 1 heterocycles. The Kier molecular flexibility index (Phi) is 7.25. The van der Waals surface area contributed by atoms with Gasteiger partial charge in [-0.2, -0.15) is 0 Å². The van der Waals surface area contributed by atoms with Crippen LogP contribution in [0.4, 0.5) is 11.4 Å². The van der Waals surface area contributed by atoms with E-state index in [1.54, 1.807) is 7.11 Å². The number of aliphatic imine (C=N–C) groups is 1. The molecule has 39 heavy (non-hydrogen) atoms. The van der Waals surface area contributed by atoms with Crippen molar-refractivity contribution in [1.29, 1.82) is 0 Å². The van der Waals surface area contributed by atoms with Gasteiger partial charge < -0.3 is 14.8 Å². The molecule has 5 heteroatoms. The summed E-state index contributed by atoms with van der Waals surface area (Å²) in [5, 5.41) is 3.82. The lowest BCUT2D eigenvalue weighted by Gasteiger charge is -2.37. The number of nitrogens with zero attached hydrogens (tertiary/aromatic N) is 1. The van der Waals surface area contributed by atoms with Crippen molar-refractivity contribution in [2.75, 3.05) is 12.4 Å². The molecule has 0 spiro atoms. The second kappa shape index (κ2) is 11.1. The van der Waals surface area contributed by atoms with Crippen LogP contribution in [0.3, 0.4) is 0 Å². The van der Waals surface area contributed by atoms with Gasteiger partial charge in [0.2, 0.25) is 0 Å². The molecule has 0 radical (unpaired) electrons. The highest BCUT2D eigenvalue weighted by Gasteiger charge is 2.37. The highest BCUT2D eigenvalue weighted by atomic mass is 79.9. The molecule has 0 bridgehead atoms. The Balaban J connectivity index is 1.17. The number of aryl methyl sites for hydroxylation is 1. The maximum Gasteiger partial charge on any atom is 0.175 e. The Hall–Kier alpha value is -3.83. The number of fused-ring (bicyclic) bond motifs is 3. The summed E-state index contributed by atoms with van der Waals surface area (Å²) in [5.41, 5.74) is 8.21. The first kappa shape index (κ1) is 25.4. The molecule has 1 N–H and O–H groups in total. The first-order valence-corrected chi connectivity index (χ1v) is 14.1. The van der Waals surface area contributed by atoms with Crippen LogP contribution in [0.25, 0.3) is 0 Å². The van der Waals surface area contributed by atoms with E-state index in [1.807, 2.05) is 48.7 Å². The van der Waals surface area contributed by atoms with E-state index in [0.717, 1.165) is 27.7 Å². The minimum atomic E-state index is 0.280. The molecule has 1 aliphatic carbocycles. The lowest BCUT2D eigenvalue weighted by atomic mass is 9.76. The fourth-order valence-corrected chi connectivity index (χ4v) is 6.22. The van der Waals surface area contributed by atoms with Gasteiger partial charge in [0.05, 0.1) is 23.3 Å². The third-order valence-corrected chi connectivity index (χ3v) is 8.20. The number of nitrogens with one attached hydrogen (secondary N) is 1. The number of anilines is 1. The van der Waals surface area contributed by atoms with Gasteiger partial charge in [-0.1, -0.05) is 72.3 Å². The average Bonchev–Trinajstić information content (AvgIpc) is 3.46. The van der Waals surface area contributed by atoms with Crippen LogP contribution >= 0.6 is 15.9 Å². The van der Waals surface area contributed by atoms with Crippen LogP contribution in [-0.4, -0.2) is 13.3 Å². The number of hydrogen-bond donors (Lipinski definition) is 1. The molecule has 0 aromatic heterocycles. The molecule has 4 nitrogen and oxygen atoms in total. The predicted molar refractivity (Wildman–Crippen MR) is 163 cm³/mol. The normalized spacial score (nSPS) is 19.4. The molecule has 0 saturated carbocycles. The minimum absolute atomic E-state index is 0.280. The highest BCUT2D eigenvalue weighted by molar-refractivity contribution is 9.10. The molecule has 0 fully saturated rings. The number of allylic oxidation sites excluding steroid dienone is 2. The van der Waals surface area contributed by atoms with Crippen LogP contribution in [0.15, 0.2) is 107 Å². The molecule has 3 atom stereocenters. The number of halogens is 1. The van der Waals surface area contributed by atoms with Crippen molar-refractivity contribution in [3.05, 3.63) is 129 Å². The zero-order valence-electron chi connectivity index (χ0n) is 22.1. The number of hydrogen-bond acceptors (Lipinski definition) is 4. The van der Waals surface area contributed by atoms with E-state index >= 15 is 0 Å². The fraction of sp³-hybridized carbons (Fsp3) is 0.206. The molecular weight excluding hydrogens is 548 g/mol. The summed E-state index contributed by atoms with van der Waals surface area (Å²) in [5.74, 6) is 2.34. The van der Waals surface area contributed by atoms with Gasteiger partial charge in [-0.3, -0.25) is 4.99 Å². The van der Waals surface area contributed by atoms with Crippen molar-refractivity contribution in [3.8, 4) is 11.5 Å². The van der Waals surface area contributed by atoms with Gasteiger partial charge in [0, 0.05) is 17.8 Å². The Bertz CT molecular complexity index is 1530. The zero-order valence-corrected chi connectivity index (χ0v) is 23.7. The SMILES string of the molecule is COc1cc(C=Nc2ccc([C@@H]3Nc4ccc(C)cc4[C@H]4C=CC[C@H]43)cc2)cc(Br)c1OCc1ccccc1. The smallest absolute Gasteiger partial charge is 0.175 e. The van der Waals surface area contributed by atoms with Gasteiger partial charge in [-0.25, -0.2) is 0 Å². The average molecular weight is 580 g/mol. The van der Waals surface area contributed by atoms with E-state index in [4.69, 9.17) is 14.5 Å². The highest BCUT2D eigenvalue weighted by Crippen LogP contribution is 2.50. The Morgan fingerprint density at radius 1 is 1.00 bits per heavy atom. The molecule has 196 valence electrons. The maximum absolute atomic E-state index is 6.06. The molecule has 2 aliphatic rings.